The zero-order valence-corrected chi connectivity index (χ0v) is 13.6. The molecule has 0 spiro atoms. The van der Waals surface area contributed by atoms with Gasteiger partial charge in [0.05, 0.1) is 9.40 Å². The Morgan fingerprint density at radius 3 is 2.86 bits per heavy atom. The first-order chi connectivity index (χ1) is 10.0. The van der Waals surface area contributed by atoms with Gasteiger partial charge in [-0.1, -0.05) is 13.3 Å². The van der Waals surface area contributed by atoms with E-state index in [1.54, 1.807) is 12.1 Å². The highest BCUT2D eigenvalue weighted by atomic mass is 79.9. The average Bonchev–Trinajstić information content (AvgIpc) is 2.72. The first-order valence-corrected chi connectivity index (χ1v) is 8.05. The monoisotopic (exact) mass is 354 g/mol. The van der Waals surface area contributed by atoms with Gasteiger partial charge >= 0.3 is 0 Å². The van der Waals surface area contributed by atoms with Gasteiger partial charge in [0, 0.05) is 24.7 Å². The second-order valence-electron chi connectivity index (χ2n) is 5.42. The molecule has 0 N–H and O–H groups in total. The SMILES string of the molecule is CCC1CCCN(C(=O)c2ccc(Br)c([N+](=O)[O-])c2)CC1. The number of amides is 1. The summed E-state index contributed by atoms with van der Waals surface area (Å²) in [5.41, 5.74) is 0.321. The van der Waals surface area contributed by atoms with Crippen molar-refractivity contribution in [2.45, 2.75) is 32.6 Å². The molecule has 21 heavy (non-hydrogen) atoms. The normalized spacial score (nSPS) is 19.1. The lowest BCUT2D eigenvalue weighted by Crippen LogP contribution is -2.32. The number of halogens is 1. The number of rotatable bonds is 3. The van der Waals surface area contributed by atoms with Crippen molar-refractivity contribution < 1.29 is 9.72 Å². The molecular formula is C15H19BrN2O3. The van der Waals surface area contributed by atoms with E-state index >= 15 is 0 Å². The highest BCUT2D eigenvalue weighted by Crippen LogP contribution is 2.27. The quantitative estimate of drug-likeness (QED) is 0.608. The molecule has 0 radical (unpaired) electrons. The van der Waals surface area contributed by atoms with Gasteiger partial charge in [-0.05, 0) is 53.2 Å². The van der Waals surface area contributed by atoms with E-state index in [0.717, 1.165) is 38.8 Å². The molecule has 1 unspecified atom stereocenters. The summed E-state index contributed by atoms with van der Waals surface area (Å²) in [7, 11) is 0. The molecule has 0 saturated carbocycles. The Balaban J connectivity index is 2.16. The zero-order chi connectivity index (χ0) is 15.4. The lowest BCUT2D eigenvalue weighted by Gasteiger charge is -2.20. The molecule has 2 rings (SSSR count). The van der Waals surface area contributed by atoms with Crippen LogP contribution in [0.15, 0.2) is 22.7 Å². The molecule has 1 amide bonds. The molecule has 114 valence electrons. The van der Waals surface area contributed by atoms with Crippen LogP contribution in [0.3, 0.4) is 0 Å². The zero-order valence-electron chi connectivity index (χ0n) is 12.0. The van der Waals surface area contributed by atoms with E-state index in [-0.39, 0.29) is 11.6 Å². The van der Waals surface area contributed by atoms with Crippen LogP contribution in [0, 0.1) is 16.0 Å². The standard InChI is InChI=1S/C15H19BrN2O3/c1-2-11-4-3-8-17(9-7-11)15(19)12-5-6-13(16)14(10-12)18(20)21/h5-6,10-11H,2-4,7-9H2,1H3. The Morgan fingerprint density at radius 2 is 2.19 bits per heavy atom. The lowest BCUT2D eigenvalue weighted by atomic mass is 9.98. The molecule has 1 heterocycles. The first kappa shape index (κ1) is 15.9. The van der Waals surface area contributed by atoms with Crippen LogP contribution in [0.5, 0.6) is 0 Å². The molecule has 6 heteroatoms. The average molecular weight is 355 g/mol. The molecule has 1 saturated heterocycles. The number of carbonyl (C=O) groups excluding carboxylic acids is 1. The van der Waals surface area contributed by atoms with Gasteiger partial charge in [-0.3, -0.25) is 14.9 Å². The minimum absolute atomic E-state index is 0.0675. The van der Waals surface area contributed by atoms with Crippen molar-refractivity contribution in [2.75, 3.05) is 13.1 Å². The van der Waals surface area contributed by atoms with Crippen LogP contribution >= 0.6 is 15.9 Å². The van der Waals surface area contributed by atoms with Crippen LogP contribution in [0.1, 0.15) is 43.0 Å². The van der Waals surface area contributed by atoms with Crippen LogP contribution in [0.25, 0.3) is 0 Å². The largest absolute Gasteiger partial charge is 0.339 e. The molecule has 1 fully saturated rings. The number of nitro groups is 1. The fourth-order valence-electron chi connectivity index (χ4n) is 2.74. The summed E-state index contributed by atoms with van der Waals surface area (Å²) >= 11 is 3.14. The fraction of sp³-hybridized carbons (Fsp3) is 0.533. The van der Waals surface area contributed by atoms with Gasteiger partial charge < -0.3 is 4.90 Å². The van der Waals surface area contributed by atoms with Gasteiger partial charge in [0.2, 0.25) is 0 Å². The fourth-order valence-corrected chi connectivity index (χ4v) is 3.14. The molecule has 0 aromatic heterocycles. The molecule has 1 aromatic rings. The third kappa shape index (κ3) is 3.81. The molecule has 0 aliphatic carbocycles. The van der Waals surface area contributed by atoms with Gasteiger partial charge in [-0.25, -0.2) is 0 Å². The molecule has 1 aliphatic rings. The summed E-state index contributed by atoms with van der Waals surface area (Å²) in [6.45, 7) is 3.65. The molecule has 1 aliphatic heterocycles. The molecule has 1 aromatic carbocycles. The van der Waals surface area contributed by atoms with Crippen molar-refractivity contribution in [3.05, 3.63) is 38.3 Å². The molecule has 5 nitrogen and oxygen atoms in total. The maximum Gasteiger partial charge on any atom is 0.284 e. The number of hydrogen-bond donors (Lipinski definition) is 0. The summed E-state index contributed by atoms with van der Waals surface area (Å²) in [5, 5.41) is 11.0. The number of nitrogens with zero attached hydrogens (tertiary/aromatic N) is 2. The van der Waals surface area contributed by atoms with E-state index in [1.807, 2.05) is 4.90 Å². The van der Waals surface area contributed by atoms with Crippen molar-refractivity contribution in [3.8, 4) is 0 Å². The highest BCUT2D eigenvalue weighted by Gasteiger charge is 2.23. The highest BCUT2D eigenvalue weighted by molar-refractivity contribution is 9.10. The Labute approximate surface area is 132 Å². The van der Waals surface area contributed by atoms with Crippen molar-refractivity contribution >= 4 is 27.5 Å². The first-order valence-electron chi connectivity index (χ1n) is 7.26. The number of hydrogen-bond acceptors (Lipinski definition) is 3. The van der Waals surface area contributed by atoms with Crippen molar-refractivity contribution in [1.82, 2.24) is 4.90 Å². The van der Waals surface area contributed by atoms with E-state index in [1.165, 1.54) is 6.07 Å². The van der Waals surface area contributed by atoms with E-state index in [2.05, 4.69) is 22.9 Å². The van der Waals surface area contributed by atoms with Crippen LogP contribution < -0.4 is 0 Å². The maximum atomic E-state index is 12.5. The van der Waals surface area contributed by atoms with Gasteiger partial charge in [0.1, 0.15) is 0 Å². The summed E-state index contributed by atoms with van der Waals surface area (Å²) in [4.78, 5) is 24.8. The number of nitro benzene ring substituents is 1. The minimum atomic E-state index is -0.476. The van der Waals surface area contributed by atoms with E-state index < -0.39 is 4.92 Å². The summed E-state index contributed by atoms with van der Waals surface area (Å²) in [6, 6.07) is 4.56. The van der Waals surface area contributed by atoms with Crippen molar-refractivity contribution in [3.63, 3.8) is 0 Å². The predicted molar refractivity (Wildman–Crippen MR) is 84.3 cm³/mol. The molecule has 0 bridgehead atoms. The van der Waals surface area contributed by atoms with Crippen LogP contribution in [0.2, 0.25) is 0 Å². The third-order valence-electron chi connectivity index (χ3n) is 4.10. The van der Waals surface area contributed by atoms with E-state index in [0.29, 0.717) is 16.0 Å². The van der Waals surface area contributed by atoms with E-state index in [9.17, 15) is 14.9 Å². The van der Waals surface area contributed by atoms with Gasteiger partial charge in [0.15, 0.2) is 0 Å². The Kier molecular flexibility index (Phi) is 5.33. The van der Waals surface area contributed by atoms with Gasteiger partial charge in [-0.15, -0.1) is 0 Å². The molecule has 1 atom stereocenters. The molecular weight excluding hydrogens is 336 g/mol. The van der Waals surface area contributed by atoms with Crippen LogP contribution in [0.4, 0.5) is 5.69 Å². The lowest BCUT2D eigenvalue weighted by molar-refractivity contribution is -0.385. The topological polar surface area (TPSA) is 63.5 Å². The Bertz CT molecular complexity index is 548. The smallest absolute Gasteiger partial charge is 0.284 e. The van der Waals surface area contributed by atoms with Gasteiger partial charge in [0.25, 0.3) is 11.6 Å². The van der Waals surface area contributed by atoms with E-state index in [4.69, 9.17) is 0 Å². The Hall–Kier alpha value is -1.43. The van der Waals surface area contributed by atoms with Crippen molar-refractivity contribution in [1.29, 1.82) is 0 Å². The predicted octanol–water partition coefficient (Wildman–Crippen LogP) is 4.01. The third-order valence-corrected chi connectivity index (χ3v) is 4.77. The van der Waals surface area contributed by atoms with Crippen LogP contribution in [-0.2, 0) is 0 Å². The number of carbonyl (C=O) groups is 1. The summed E-state index contributed by atoms with van der Waals surface area (Å²) < 4.78 is 0.394. The van der Waals surface area contributed by atoms with Crippen LogP contribution in [-0.4, -0.2) is 28.8 Å². The minimum Gasteiger partial charge on any atom is -0.339 e. The Morgan fingerprint density at radius 1 is 1.43 bits per heavy atom. The van der Waals surface area contributed by atoms with Crippen molar-refractivity contribution in [2.24, 2.45) is 5.92 Å². The second kappa shape index (κ2) is 7.02. The summed E-state index contributed by atoms with van der Waals surface area (Å²) in [5.74, 6) is 0.574. The van der Waals surface area contributed by atoms with Gasteiger partial charge in [-0.2, -0.15) is 0 Å². The number of likely N-dealkylation sites (tertiary alicyclic amines) is 1. The maximum absolute atomic E-state index is 12.5. The summed E-state index contributed by atoms with van der Waals surface area (Å²) in [6.07, 6.45) is 4.32. The number of benzene rings is 1. The second-order valence-corrected chi connectivity index (χ2v) is 6.28.